The normalized spacial score (nSPS) is 10.4. The largest absolute Gasteiger partial charge is 0.495 e. The van der Waals surface area contributed by atoms with Gasteiger partial charge < -0.3 is 9.84 Å². The first kappa shape index (κ1) is 13.7. The molecule has 0 spiro atoms. The first-order valence-corrected chi connectivity index (χ1v) is 6.56. The second-order valence-corrected chi connectivity index (χ2v) is 4.83. The summed E-state index contributed by atoms with van der Waals surface area (Å²) in [5.41, 5.74) is 0.749. The number of hydrogen-bond acceptors (Lipinski definition) is 5. The number of halogens is 1. The van der Waals surface area contributed by atoms with E-state index in [0.717, 1.165) is 17.4 Å². The van der Waals surface area contributed by atoms with Crippen LogP contribution in [0.2, 0.25) is 5.02 Å². The lowest BCUT2D eigenvalue weighted by Gasteiger charge is -2.08. The number of aliphatic carboxylic acids is 1. The van der Waals surface area contributed by atoms with Gasteiger partial charge in [-0.05, 0) is 12.1 Å². The minimum absolute atomic E-state index is 0.0799. The summed E-state index contributed by atoms with van der Waals surface area (Å²) in [6, 6.07) is 5.21. The molecule has 2 aromatic rings. The third-order valence-electron chi connectivity index (χ3n) is 2.25. The molecule has 0 atom stereocenters. The number of methoxy groups -OCH3 is 1. The van der Waals surface area contributed by atoms with E-state index in [1.54, 1.807) is 22.8 Å². The van der Waals surface area contributed by atoms with Gasteiger partial charge >= 0.3 is 5.97 Å². The molecule has 0 aliphatic rings. The zero-order valence-corrected chi connectivity index (χ0v) is 11.5. The Morgan fingerprint density at radius 2 is 2.37 bits per heavy atom. The zero-order valence-electron chi connectivity index (χ0n) is 9.91. The highest BCUT2D eigenvalue weighted by Crippen LogP contribution is 2.28. The summed E-state index contributed by atoms with van der Waals surface area (Å²) in [6.07, 6.45) is 1.51. The SMILES string of the molecule is COc1cc(-n2cnnc2SCC(=O)O)ccc1Cl. The predicted molar refractivity (Wildman–Crippen MR) is 71.3 cm³/mol. The maximum Gasteiger partial charge on any atom is 0.313 e. The van der Waals surface area contributed by atoms with Crippen LogP contribution in [0, 0.1) is 0 Å². The second kappa shape index (κ2) is 5.94. The molecule has 100 valence electrons. The van der Waals surface area contributed by atoms with E-state index < -0.39 is 5.97 Å². The monoisotopic (exact) mass is 299 g/mol. The van der Waals surface area contributed by atoms with Gasteiger partial charge in [0.05, 0.1) is 23.6 Å². The fraction of sp³-hybridized carbons (Fsp3) is 0.182. The Hall–Kier alpha value is -1.73. The summed E-state index contributed by atoms with van der Waals surface area (Å²) in [7, 11) is 1.53. The molecule has 1 N–H and O–H groups in total. The van der Waals surface area contributed by atoms with Gasteiger partial charge in [0.25, 0.3) is 0 Å². The van der Waals surface area contributed by atoms with Crippen molar-refractivity contribution in [1.29, 1.82) is 0 Å². The van der Waals surface area contributed by atoms with Gasteiger partial charge in [-0.2, -0.15) is 0 Å². The molecular formula is C11H10ClN3O3S. The Morgan fingerprint density at radius 1 is 1.58 bits per heavy atom. The molecule has 0 fully saturated rings. The Balaban J connectivity index is 2.31. The van der Waals surface area contributed by atoms with Crippen LogP contribution in [0.4, 0.5) is 0 Å². The predicted octanol–water partition coefficient (Wildman–Crippen LogP) is 2.11. The first-order chi connectivity index (χ1) is 9.11. The number of rotatable bonds is 5. The highest BCUT2D eigenvalue weighted by Gasteiger charge is 2.11. The summed E-state index contributed by atoms with van der Waals surface area (Å²) in [6.45, 7) is 0. The number of carbonyl (C=O) groups is 1. The molecular weight excluding hydrogens is 290 g/mol. The molecule has 1 aromatic carbocycles. The van der Waals surface area contributed by atoms with Crippen molar-refractivity contribution in [3.05, 3.63) is 29.5 Å². The lowest BCUT2D eigenvalue weighted by Crippen LogP contribution is -2.01. The summed E-state index contributed by atoms with van der Waals surface area (Å²) >= 11 is 7.04. The van der Waals surface area contributed by atoms with Crippen molar-refractivity contribution < 1.29 is 14.6 Å². The molecule has 0 amide bonds. The summed E-state index contributed by atoms with van der Waals surface area (Å²) in [5.74, 6) is -0.459. The van der Waals surface area contributed by atoms with Gasteiger partial charge in [-0.15, -0.1) is 10.2 Å². The van der Waals surface area contributed by atoms with Crippen LogP contribution in [-0.4, -0.2) is 38.7 Å². The quantitative estimate of drug-likeness (QED) is 0.852. The van der Waals surface area contributed by atoms with Crippen LogP contribution < -0.4 is 4.74 Å². The lowest BCUT2D eigenvalue weighted by atomic mass is 10.3. The van der Waals surface area contributed by atoms with Crippen LogP contribution in [0.15, 0.2) is 29.7 Å². The average molecular weight is 300 g/mol. The van der Waals surface area contributed by atoms with Crippen molar-refractivity contribution in [3.8, 4) is 11.4 Å². The number of benzene rings is 1. The molecule has 0 saturated heterocycles. The van der Waals surface area contributed by atoms with Crippen LogP contribution in [0.1, 0.15) is 0 Å². The number of ether oxygens (including phenoxy) is 1. The lowest BCUT2D eigenvalue weighted by molar-refractivity contribution is -0.133. The summed E-state index contributed by atoms with van der Waals surface area (Å²) in [5, 5.41) is 17.3. The standard InChI is InChI=1S/C11H10ClN3O3S/c1-18-9-4-7(2-3-8(9)12)15-6-13-14-11(15)19-5-10(16)17/h2-4,6H,5H2,1H3,(H,16,17). The topological polar surface area (TPSA) is 77.2 Å². The second-order valence-electron chi connectivity index (χ2n) is 3.48. The van der Waals surface area contributed by atoms with E-state index in [1.807, 2.05) is 0 Å². The maximum atomic E-state index is 10.6. The number of carboxylic acids is 1. The van der Waals surface area contributed by atoms with Gasteiger partial charge in [-0.1, -0.05) is 23.4 Å². The third kappa shape index (κ3) is 3.18. The van der Waals surface area contributed by atoms with Gasteiger partial charge in [0, 0.05) is 6.07 Å². The molecule has 0 bridgehead atoms. The Morgan fingerprint density at radius 3 is 3.05 bits per heavy atom. The molecule has 19 heavy (non-hydrogen) atoms. The molecule has 2 rings (SSSR count). The molecule has 0 saturated carbocycles. The fourth-order valence-electron chi connectivity index (χ4n) is 1.42. The van der Waals surface area contributed by atoms with Gasteiger partial charge in [-0.25, -0.2) is 0 Å². The van der Waals surface area contributed by atoms with Crippen molar-refractivity contribution in [2.45, 2.75) is 5.16 Å². The highest BCUT2D eigenvalue weighted by molar-refractivity contribution is 7.99. The Bertz CT molecular complexity index is 603. The van der Waals surface area contributed by atoms with Crippen LogP contribution >= 0.6 is 23.4 Å². The van der Waals surface area contributed by atoms with Crippen molar-refractivity contribution in [3.63, 3.8) is 0 Å². The number of nitrogens with zero attached hydrogens (tertiary/aromatic N) is 3. The van der Waals surface area contributed by atoms with Crippen LogP contribution in [0.5, 0.6) is 5.75 Å². The van der Waals surface area contributed by atoms with Crippen molar-refractivity contribution >= 4 is 29.3 Å². The van der Waals surface area contributed by atoms with Crippen molar-refractivity contribution in [2.24, 2.45) is 0 Å². The van der Waals surface area contributed by atoms with Crippen LogP contribution in [0.3, 0.4) is 0 Å². The molecule has 0 radical (unpaired) electrons. The smallest absolute Gasteiger partial charge is 0.313 e. The summed E-state index contributed by atoms with van der Waals surface area (Å²) in [4.78, 5) is 10.6. The number of hydrogen-bond donors (Lipinski definition) is 1. The molecule has 6 nitrogen and oxygen atoms in total. The van der Waals surface area contributed by atoms with Crippen LogP contribution in [0.25, 0.3) is 5.69 Å². The highest BCUT2D eigenvalue weighted by atomic mass is 35.5. The fourth-order valence-corrected chi connectivity index (χ4v) is 2.27. The molecule has 1 heterocycles. The average Bonchev–Trinajstić information content (AvgIpc) is 2.85. The zero-order chi connectivity index (χ0) is 13.8. The van der Waals surface area contributed by atoms with E-state index in [9.17, 15) is 4.79 Å². The molecule has 8 heteroatoms. The minimum Gasteiger partial charge on any atom is -0.495 e. The number of thioether (sulfide) groups is 1. The maximum absolute atomic E-state index is 10.6. The van der Waals surface area contributed by atoms with E-state index in [4.69, 9.17) is 21.4 Å². The van der Waals surface area contributed by atoms with E-state index >= 15 is 0 Å². The van der Waals surface area contributed by atoms with E-state index in [1.165, 1.54) is 13.4 Å². The van der Waals surface area contributed by atoms with Crippen molar-refractivity contribution in [1.82, 2.24) is 14.8 Å². The van der Waals surface area contributed by atoms with Gasteiger partial charge in [-0.3, -0.25) is 9.36 Å². The van der Waals surface area contributed by atoms with Gasteiger partial charge in [0.1, 0.15) is 12.1 Å². The molecule has 1 aromatic heterocycles. The number of carboxylic acid groups (broad SMARTS) is 1. The Labute approximate surface area is 118 Å². The summed E-state index contributed by atoms with van der Waals surface area (Å²) < 4.78 is 6.81. The molecule has 0 unspecified atom stereocenters. The van der Waals surface area contributed by atoms with E-state index in [0.29, 0.717) is 15.9 Å². The molecule has 0 aliphatic heterocycles. The number of aromatic nitrogens is 3. The van der Waals surface area contributed by atoms with E-state index in [2.05, 4.69) is 10.2 Å². The van der Waals surface area contributed by atoms with Crippen molar-refractivity contribution in [2.75, 3.05) is 12.9 Å². The third-order valence-corrected chi connectivity index (χ3v) is 3.49. The Kier molecular flexibility index (Phi) is 4.28. The van der Waals surface area contributed by atoms with E-state index in [-0.39, 0.29) is 5.75 Å². The minimum atomic E-state index is -0.909. The van der Waals surface area contributed by atoms with Gasteiger partial charge in [0.2, 0.25) is 0 Å². The van der Waals surface area contributed by atoms with Gasteiger partial charge in [0.15, 0.2) is 5.16 Å². The van der Waals surface area contributed by atoms with Crippen LogP contribution in [-0.2, 0) is 4.79 Å². The molecule has 0 aliphatic carbocycles. The first-order valence-electron chi connectivity index (χ1n) is 5.20.